The fourth-order valence-electron chi connectivity index (χ4n) is 4.14. The fraction of sp³-hybridized carbons (Fsp3) is 0.370. The highest BCUT2D eigenvalue weighted by Gasteiger charge is 2.44. The van der Waals surface area contributed by atoms with Crippen molar-refractivity contribution in [3.05, 3.63) is 57.8 Å². The molecule has 0 amide bonds. The van der Waals surface area contributed by atoms with Gasteiger partial charge >= 0.3 is 0 Å². The van der Waals surface area contributed by atoms with Gasteiger partial charge in [-0.2, -0.15) is 0 Å². The first-order chi connectivity index (χ1) is 17.5. The van der Waals surface area contributed by atoms with Crippen LogP contribution in [-0.2, 0) is 11.2 Å². The Labute approximate surface area is 212 Å². The molecule has 10 nitrogen and oxygen atoms in total. The van der Waals surface area contributed by atoms with Crippen molar-refractivity contribution in [3.8, 4) is 34.3 Å². The average molecular weight is 515 g/mol. The Morgan fingerprint density at radius 1 is 1.03 bits per heavy atom. The van der Waals surface area contributed by atoms with Gasteiger partial charge < -0.3 is 44.2 Å². The molecular weight excluding hydrogens is 484 g/mol. The number of rotatable bonds is 6. The van der Waals surface area contributed by atoms with Crippen molar-refractivity contribution < 1.29 is 44.2 Å². The van der Waals surface area contributed by atoms with E-state index in [-0.39, 0.29) is 34.5 Å². The van der Waals surface area contributed by atoms with E-state index in [0.29, 0.717) is 11.3 Å². The number of methoxy groups -OCH3 is 1. The molecular formula is C27H30O10. The van der Waals surface area contributed by atoms with Gasteiger partial charge in [0.25, 0.3) is 0 Å². The van der Waals surface area contributed by atoms with Crippen LogP contribution in [0.2, 0.25) is 0 Å². The van der Waals surface area contributed by atoms with Gasteiger partial charge in [-0.1, -0.05) is 11.6 Å². The quantitative estimate of drug-likeness (QED) is 0.310. The summed E-state index contributed by atoms with van der Waals surface area (Å²) in [5.41, 5.74) is 0.828. The van der Waals surface area contributed by atoms with Gasteiger partial charge in [0.1, 0.15) is 46.5 Å². The van der Waals surface area contributed by atoms with Crippen LogP contribution in [0.25, 0.3) is 22.3 Å². The van der Waals surface area contributed by atoms with Crippen LogP contribution in [0.5, 0.6) is 23.0 Å². The van der Waals surface area contributed by atoms with Gasteiger partial charge in [0.2, 0.25) is 17.5 Å². The highest BCUT2D eigenvalue weighted by atomic mass is 16.7. The van der Waals surface area contributed by atoms with Gasteiger partial charge in [-0.25, -0.2) is 0 Å². The van der Waals surface area contributed by atoms with Crippen molar-refractivity contribution in [1.82, 2.24) is 0 Å². The third-order valence-corrected chi connectivity index (χ3v) is 6.29. The molecule has 198 valence electrons. The third-order valence-electron chi connectivity index (χ3n) is 6.29. The Kier molecular flexibility index (Phi) is 7.47. The summed E-state index contributed by atoms with van der Waals surface area (Å²) in [6.45, 7) is 5.24. The number of phenolic OH excluding ortho intramolecular Hbond substituents is 2. The zero-order valence-electron chi connectivity index (χ0n) is 20.8. The zero-order chi connectivity index (χ0) is 27.0. The summed E-state index contributed by atoms with van der Waals surface area (Å²) >= 11 is 0. The molecule has 4 rings (SSSR count). The van der Waals surface area contributed by atoms with Gasteiger partial charge in [0.15, 0.2) is 5.76 Å². The molecule has 2 heterocycles. The summed E-state index contributed by atoms with van der Waals surface area (Å²) in [4.78, 5) is 13.8. The number of benzene rings is 2. The topological polar surface area (TPSA) is 159 Å². The molecule has 1 saturated heterocycles. The molecule has 10 heteroatoms. The SMILES string of the molecule is COc1ccc(-c2oc3c(CC=C(C)C)c(O)cc(O)c3c(=O)c2O[C@@H]2O[C@H](C)[C@H](O)[C@@H](O)[C@H]2O)cc1. The Balaban J connectivity index is 1.96. The molecule has 37 heavy (non-hydrogen) atoms. The van der Waals surface area contributed by atoms with Crippen LogP contribution in [0.4, 0.5) is 0 Å². The zero-order valence-corrected chi connectivity index (χ0v) is 20.8. The highest BCUT2D eigenvalue weighted by molar-refractivity contribution is 5.91. The number of hydrogen-bond donors (Lipinski definition) is 5. The minimum Gasteiger partial charge on any atom is -0.507 e. The maximum Gasteiger partial charge on any atom is 0.239 e. The van der Waals surface area contributed by atoms with Crippen LogP contribution < -0.4 is 14.9 Å². The molecule has 3 aromatic rings. The lowest BCUT2D eigenvalue weighted by atomic mass is 10.00. The second kappa shape index (κ2) is 10.4. The van der Waals surface area contributed by atoms with Gasteiger partial charge in [0.05, 0.1) is 13.2 Å². The number of ether oxygens (including phenoxy) is 3. The van der Waals surface area contributed by atoms with Crippen LogP contribution in [0.3, 0.4) is 0 Å². The molecule has 0 aliphatic carbocycles. The fourth-order valence-corrected chi connectivity index (χ4v) is 4.14. The standard InChI is InChI=1S/C27H30O10/c1-12(2)5-10-16-17(28)11-18(29)19-21(31)26(37-27-23(33)22(32)20(30)13(3)35-27)24(36-25(16)19)14-6-8-15(34-4)9-7-14/h5-9,11,13,20,22-23,27-30,32-33H,10H2,1-4H3/t13-,20+,22-,23-,27+/m1/s1. The van der Waals surface area contributed by atoms with Crippen LogP contribution in [0.15, 0.2) is 51.2 Å². The molecule has 1 aliphatic heterocycles. The predicted molar refractivity (Wildman–Crippen MR) is 134 cm³/mol. The molecule has 0 spiro atoms. The van der Waals surface area contributed by atoms with Crippen molar-refractivity contribution in [3.63, 3.8) is 0 Å². The van der Waals surface area contributed by atoms with E-state index >= 15 is 0 Å². The van der Waals surface area contributed by atoms with Crippen LogP contribution in [0, 0.1) is 0 Å². The van der Waals surface area contributed by atoms with Gasteiger partial charge in [-0.3, -0.25) is 4.79 Å². The second-order valence-electron chi connectivity index (χ2n) is 9.20. The summed E-state index contributed by atoms with van der Waals surface area (Å²) in [5.74, 6) is -0.690. The molecule has 1 aromatic heterocycles. The number of aliphatic hydroxyl groups excluding tert-OH is 3. The molecule has 0 unspecified atom stereocenters. The van der Waals surface area contributed by atoms with E-state index < -0.39 is 47.6 Å². The minimum atomic E-state index is -1.69. The maximum absolute atomic E-state index is 13.8. The Morgan fingerprint density at radius 3 is 2.32 bits per heavy atom. The number of aliphatic hydroxyl groups is 3. The summed E-state index contributed by atoms with van der Waals surface area (Å²) in [6.07, 6.45) is -5.03. The largest absolute Gasteiger partial charge is 0.507 e. The first-order valence-corrected chi connectivity index (χ1v) is 11.7. The van der Waals surface area contributed by atoms with Gasteiger partial charge in [-0.05, 0) is 51.5 Å². The molecule has 0 radical (unpaired) electrons. The molecule has 0 saturated carbocycles. The van der Waals surface area contributed by atoms with Crippen LogP contribution >= 0.6 is 0 Å². The van der Waals surface area contributed by atoms with Crippen molar-refractivity contribution in [1.29, 1.82) is 0 Å². The molecule has 5 N–H and O–H groups in total. The second-order valence-corrected chi connectivity index (χ2v) is 9.20. The van der Waals surface area contributed by atoms with Crippen LogP contribution in [0.1, 0.15) is 26.3 Å². The number of fused-ring (bicyclic) bond motifs is 1. The number of hydrogen-bond acceptors (Lipinski definition) is 10. The summed E-state index contributed by atoms with van der Waals surface area (Å²) in [7, 11) is 1.50. The Bertz CT molecular complexity index is 1370. The third kappa shape index (κ3) is 5.01. The first kappa shape index (κ1) is 26.5. The lowest BCUT2D eigenvalue weighted by molar-refractivity contribution is -0.268. The summed E-state index contributed by atoms with van der Waals surface area (Å²) in [5, 5.41) is 51.6. The Morgan fingerprint density at radius 2 is 1.70 bits per heavy atom. The van der Waals surface area contributed by atoms with Crippen LogP contribution in [-0.4, -0.2) is 63.3 Å². The van der Waals surface area contributed by atoms with Crippen molar-refractivity contribution >= 4 is 11.0 Å². The number of allylic oxidation sites excluding steroid dienone is 2. The van der Waals surface area contributed by atoms with E-state index in [2.05, 4.69) is 0 Å². The average Bonchev–Trinajstić information content (AvgIpc) is 2.86. The van der Waals surface area contributed by atoms with E-state index in [4.69, 9.17) is 18.6 Å². The first-order valence-electron chi connectivity index (χ1n) is 11.7. The molecule has 1 aliphatic rings. The van der Waals surface area contributed by atoms with E-state index in [0.717, 1.165) is 11.6 Å². The monoisotopic (exact) mass is 514 g/mol. The van der Waals surface area contributed by atoms with Crippen molar-refractivity contribution in [2.75, 3.05) is 7.11 Å². The van der Waals surface area contributed by atoms with Gasteiger partial charge in [0, 0.05) is 17.2 Å². The summed E-state index contributed by atoms with van der Waals surface area (Å²) in [6, 6.07) is 7.57. The molecule has 1 fully saturated rings. The normalized spacial score (nSPS) is 23.6. The lowest BCUT2D eigenvalue weighted by Gasteiger charge is -2.38. The van der Waals surface area contributed by atoms with Crippen molar-refractivity contribution in [2.24, 2.45) is 0 Å². The number of aromatic hydroxyl groups is 2. The maximum atomic E-state index is 13.8. The van der Waals surface area contributed by atoms with E-state index in [1.807, 2.05) is 19.9 Å². The molecule has 2 aromatic carbocycles. The number of phenols is 2. The van der Waals surface area contributed by atoms with E-state index in [1.165, 1.54) is 14.0 Å². The predicted octanol–water partition coefficient (Wildman–Crippen LogP) is 2.59. The minimum absolute atomic E-state index is 0.0351. The van der Waals surface area contributed by atoms with E-state index in [1.54, 1.807) is 24.3 Å². The lowest BCUT2D eigenvalue weighted by Crippen LogP contribution is -2.58. The highest BCUT2D eigenvalue weighted by Crippen LogP contribution is 2.40. The smallest absolute Gasteiger partial charge is 0.239 e. The van der Waals surface area contributed by atoms with E-state index in [9.17, 15) is 30.3 Å². The molecule has 0 bridgehead atoms. The Hall–Kier alpha value is -3.57. The summed E-state index contributed by atoms with van der Waals surface area (Å²) < 4.78 is 22.7. The molecule has 5 atom stereocenters. The van der Waals surface area contributed by atoms with Gasteiger partial charge in [-0.15, -0.1) is 0 Å². The van der Waals surface area contributed by atoms with Crippen molar-refractivity contribution in [2.45, 2.75) is 57.9 Å².